The van der Waals surface area contributed by atoms with Crippen LogP contribution in [0.25, 0.3) is 0 Å². The van der Waals surface area contributed by atoms with Crippen molar-refractivity contribution in [3.8, 4) is 0 Å². The van der Waals surface area contributed by atoms with Gasteiger partial charge in [-0.1, -0.05) is 6.58 Å². The highest BCUT2D eigenvalue weighted by atomic mass is 16.5. The molecule has 82 valence electrons. The average Bonchev–Trinajstić information content (AvgIpc) is 2.21. The SMILES string of the molecule is C=CC(=O)C(=O)COC(=O)CCC(=O)O. The van der Waals surface area contributed by atoms with Crippen molar-refractivity contribution in [3.63, 3.8) is 0 Å². The van der Waals surface area contributed by atoms with Crippen LogP contribution in [-0.2, 0) is 23.9 Å². The van der Waals surface area contributed by atoms with Crippen LogP contribution in [0.5, 0.6) is 0 Å². The van der Waals surface area contributed by atoms with E-state index in [1.54, 1.807) is 0 Å². The van der Waals surface area contributed by atoms with Crippen LogP contribution in [0, 0.1) is 0 Å². The van der Waals surface area contributed by atoms with Crippen molar-refractivity contribution in [2.45, 2.75) is 12.8 Å². The van der Waals surface area contributed by atoms with Gasteiger partial charge in [0.05, 0.1) is 12.8 Å². The topological polar surface area (TPSA) is 97.7 Å². The largest absolute Gasteiger partial charge is 0.481 e. The molecule has 6 heteroatoms. The second-order valence-corrected chi connectivity index (χ2v) is 2.55. The molecule has 0 aromatic rings. The van der Waals surface area contributed by atoms with Gasteiger partial charge in [0.15, 0.2) is 6.61 Å². The van der Waals surface area contributed by atoms with E-state index in [-0.39, 0.29) is 12.8 Å². The Morgan fingerprint density at radius 3 is 2.27 bits per heavy atom. The van der Waals surface area contributed by atoms with Crippen molar-refractivity contribution in [2.75, 3.05) is 6.61 Å². The van der Waals surface area contributed by atoms with Gasteiger partial charge in [0, 0.05) is 0 Å². The Labute approximate surface area is 85.5 Å². The number of ketones is 2. The fraction of sp³-hybridized carbons (Fsp3) is 0.333. The molecule has 15 heavy (non-hydrogen) atoms. The molecule has 0 fully saturated rings. The molecular weight excluding hydrogens is 204 g/mol. The van der Waals surface area contributed by atoms with Gasteiger partial charge in [-0.2, -0.15) is 0 Å². The Hall–Kier alpha value is -1.98. The summed E-state index contributed by atoms with van der Waals surface area (Å²) < 4.78 is 4.36. The van der Waals surface area contributed by atoms with Crippen LogP contribution in [0.15, 0.2) is 12.7 Å². The number of carbonyl (C=O) groups excluding carboxylic acids is 3. The monoisotopic (exact) mass is 214 g/mol. The van der Waals surface area contributed by atoms with Gasteiger partial charge < -0.3 is 9.84 Å². The second kappa shape index (κ2) is 6.47. The number of carboxylic acid groups (broad SMARTS) is 1. The first-order valence-corrected chi connectivity index (χ1v) is 4.04. The fourth-order valence-electron chi connectivity index (χ4n) is 0.612. The number of rotatable bonds is 7. The lowest BCUT2D eigenvalue weighted by Crippen LogP contribution is -2.20. The number of Topliss-reactive ketones (excluding diaryl/α,β-unsaturated/α-hetero) is 1. The minimum atomic E-state index is -1.14. The van der Waals surface area contributed by atoms with Crippen molar-refractivity contribution in [3.05, 3.63) is 12.7 Å². The highest BCUT2D eigenvalue weighted by molar-refractivity contribution is 6.42. The summed E-state index contributed by atoms with van der Waals surface area (Å²) in [5.41, 5.74) is 0. The lowest BCUT2D eigenvalue weighted by Gasteiger charge is -2.00. The third-order valence-electron chi connectivity index (χ3n) is 1.37. The second-order valence-electron chi connectivity index (χ2n) is 2.55. The van der Waals surface area contributed by atoms with Gasteiger partial charge in [-0.25, -0.2) is 0 Å². The Morgan fingerprint density at radius 2 is 1.80 bits per heavy atom. The highest BCUT2D eigenvalue weighted by Crippen LogP contribution is 1.93. The predicted octanol–water partition coefficient (Wildman–Crippen LogP) is -0.281. The summed E-state index contributed by atoms with van der Waals surface area (Å²) in [6.07, 6.45) is 0.112. The summed E-state index contributed by atoms with van der Waals surface area (Å²) in [6.45, 7) is 2.40. The third-order valence-corrected chi connectivity index (χ3v) is 1.37. The van der Waals surface area contributed by atoms with E-state index in [1.165, 1.54) is 0 Å². The number of hydrogen-bond acceptors (Lipinski definition) is 5. The van der Waals surface area contributed by atoms with Crippen LogP contribution < -0.4 is 0 Å². The van der Waals surface area contributed by atoms with Gasteiger partial charge in [0.1, 0.15) is 0 Å². The molecule has 0 saturated carbocycles. The zero-order chi connectivity index (χ0) is 11.8. The summed E-state index contributed by atoms with van der Waals surface area (Å²) in [4.78, 5) is 42.3. The molecule has 0 spiro atoms. The minimum Gasteiger partial charge on any atom is -0.481 e. The van der Waals surface area contributed by atoms with Crippen molar-refractivity contribution < 1.29 is 29.0 Å². The lowest BCUT2D eigenvalue weighted by atomic mass is 10.3. The zero-order valence-corrected chi connectivity index (χ0v) is 7.89. The molecule has 0 rings (SSSR count). The molecule has 0 atom stereocenters. The maximum Gasteiger partial charge on any atom is 0.306 e. The number of aliphatic carboxylic acids is 1. The van der Waals surface area contributed by atoms with E-state index in [9.17, 15) is 19.2 Å². The zero-order valence-electron chi connectivity index (χ0n) is 7.89. The normalized spacial score (nSPS) is 9.07. The third kappa shape index (κ3) is 6.14. The molecule has 0 heterocycles. The van der Waals surface area contributed by atoms with E-state index >= 15 is 0 Å². The summed E-state index contributed by atoms with van der Waals surface area (Å²) in [5, 5.41) is 8.22. The number of ether oxygens (including phenoxy) is 1. The Bertz CT molecular complexity index is 304. The first-order valence-electron chi connectivity index (χ1n) is 4.04. The van der Waals surface area contributed by atoms with Gasteiger partial charge >= 0.3 is 11.9 Å². The van der Waals surface area contributed by atoms with E-state index in [0.29, 0.717) is 0 Å². The Morgan fingerprint density at radius 1 is 1.20 bits per heavy atom. The molecule has 0 bridgehead atoms. The average molecular weight is 214 g/mol. The van der Waals surface area contributed by atoms with Crippen LogP contribution in [0.4, 0.5) is 0 Å². The molecule has 0 aliphatic carbocycles. The molecule has 0 amide bonds. The molecular formula is C9H10O6. The fourth-order valence-corrected chi connectivity index (χ4v) is 0.612. The number of esters is 1. The molecule has 6 nitrogen and oxygen atoms in total. The van der Waals surface area contributed by atoms with Crippen molar-refractivity contribution in [1.29, 1.82) is 0 Å². The highest BCUT2D eigenvalue weighted by Gasteiger charge is 2.13. The van der Waals surface area contributed by atoms with Crippen LogP contribution in [0.2, 0.25) is 0 Å². The van der Waals surface area contributed by atoms with E-state index in [0.717, 1.165) is 6.08 Å². The minimum absolute atomic E-state index is 0.328. The number of allylic oxidation sites excluding steroid dienone is 1. The van der Waals surface area contributed by atoms with Crippen LogP contribution in [-0.4, -0.2) is 35.2 Å². The van der Waals surface area contributed by atoms with Gasteiger partial charge in [-0.05, 0) is 6.08 Å². The van der Waals surface area contributed by atoms with Crippen LogP contribution >= 0.6 is 0 Å². The van der Waals surface area contributed by atoms with Crippen molar-refractivity contribution >= 4 is 23.5 Å². The van der Waals surface area contributed by atoms with Gasteiger partial charge in [0.2, 0.25) is 11.6 Å². The van der Waals surface area contributed by atoms with E-state index < -0.39 is 30.1 Å². The smallest absolute Gasteiger partial charge is 0.306 e. The molecule has 0 unspecified atom stereocenters. The lowest BCUT2D eigenvalue weighted by molar-refractivity contribution is -0.151. The molecule has 0 aromatic carbocycles. The predicted molar refractivity (Wildman–Crippen MR) is 48.0 cm³/mol. The van der Waals surface area contributed by atoms with E-state index in [2.05, 4.69) is 11.3 Å². The van der Waals surface area contributed by atoms with E-state index in [4.69, 9.17) is 5.11 Å². The van der Waals surface area contributed by atoms with Crippen LogP contribution in [0.3, 0.4) is 0 Å². The standard InChI is InChI=1S/C9H10O6/c1-2-6(10)7(11)5-15-9(14)4-3-8(12)13/h2H,1,3-5H2,(H,12,13). The van der Waals surface area contributed by atoms with Crippen LogP contribution in [0.1, 0.15) is 12.8 Å². The maximum atomic E-state index is 10.8. The molecule has 1 N–H and O–H groups in total. The van der Waals surface area contributed by atoms with E-state index in [1.807, 2.05) is 0 Å². The molecule has 0 aliphatic heterocycles. The first kappa shape index (κ1) is 13.0. The molecule has 0 aromatic heterocycles. The van der Waals surface area contributed by atoms with Gasteiger partial charge in [-0.3, -0.25) is 19.2 Å². The quantitative estimate of drug-likeness (QED) is 0.355. The first-order chi connectivity index (χ1) is 6.97. The summed E-state index contributed by atoms with van der Waals surface area (Å²) in [6, 6.07) is 0. The van der Waals surface area contributed by atoms with Gasteiger partial charge in [0.25, 0.3) is 0 Å². The molecule has 0 aliphatic rings. The Balaban J connectivity index is 3.81. The number of carboxylic acids is 1. The number of carbonyl (C=O) groups is 4. The van der Waals surface area contributed by atoms with Crippen molar-refractivity contribution in [2.24, 2.45) is 0 Å². The Kier molecular flexibility index (Phi) is 5.62. The molecule has 0 radical (unpaired) electrons. The number of hydrogen-bond donors (Lipinski definition) is 1. The summed E-state index contributed by atoms with van der Waals surface area (Å²) in [7, 11) is 0. The van der Waals surface area contributed by atoms with Crippen molar-refractivity contribution in [1.82, 2.24) is 0 Å². The summed E-state index contributed by atoms with van der Waals surface area (Å²) >= 11 is 0. The van der Waals surface area contributed by atoms with Gasteiger partial charge in [-0.15, -0.1) is 0 Å². The molecule has 0 saturated heterocycles. The maximum absolute atomic E-state index is 10.8. The summed E-state index contributed by atoms with van der Waals surface area (Å²) in [5.74, 6) is -3.71.